The molecule has 1 aromatic heterocycles. The van der Waals surface area contributed by atoms with Crippen molar-refractivity contribution in [3.63, 3.8) is 0 Å². The molecule has 132 valence electrons. The van der Waals surface area contributed by atoms with Gasteiger partial charge in [-0.3, -0.25) is 9.78 Å². The maximum Gasteiger partial charge on any atom is 0.410 e. The molecule has 2 heterocycles. The van der Waals surface area contributed by atoms with Crippen molar-refractivity contribution in [1.29, 1.82) is 0 Å². The van der Waals surface area contributed by atoms with E-state index in [1.54, 1.807) is 16.8 Å². The second-order valence-electron chi connectivity index (χ2n) is 7.21. The van der Waals surface area contributed by atoms with Crippen molar-refractivity contribution in [3.8, 4) is 0 Å². The molecule has 1 aromatic rings. The summed E-state index contributed by atoms with van der Waals surface area (Å²) in [4.78, 5) is 35.9. The van der Waals surface area contributed by atoms with E-state index in [9.17, 15) is 9.59 Å². The van der Waals surface area contributed by atoms with Crippen molar-refractivity contribution in [2.24, 2.45) is 5.92 Å². The molecule has 2 rings (SSSR count). The third-order valence-electron chi connectivity index (χ3n) is 3.83. The Kier molecular flexibility index (Phi) is 5.75. The number of rotatable bonds is 3. The zero-order valence-electron chi connectivity index (χ0n) is 14.9. The Balaban J connectivity index is 1.90. The number of hydrogen-bond donors (Lipinski definition) is 0. The maximum atomic E-state index is 12.3. The molecule has 0 N–H and O–H groups in total. The summed E-state index contributed by atoms with van der Waals surface area (Å²) < 4.78 is 5.44. The standard InChI is InChI=1S/C17H26N4O3/c1-17(2,3)24-16(23)21-9-5-6-13(12-21)11-20(4)15(22)14-10-18-7-8-19-14/h7-8,10,13H,5-6,9,11-12H2,1-4H3/t13-/m0/s1. The van der Waals surface area contributed by atoms with Crippen LogP contribution in [0.2, 0.25) is 0 Å². The minimum Gasteiger partial charge on any atom is -0.444 e. The quantitative estimate of drug-likeness (QED) is 0.847. The molecule has 2 amide bonds. The van der Waals surface area contributed by atoms with Crippen molar-refractivity contribution in [2.75, 3.05) is 26.7 Å². The topological polar surface area (TPSA) is 75.6 Å². The summed E-state index contributed by atoms with van der Waals surface area (Å²) in [6, 6.07) is 0. The summed E-state index contributed by atoms with van der Waals surface area (Å²) in [7, 11) is 1.75. The van der Waals surface area contributed by atoms with E-state index < -0.39 is 5.60 Å². The Labute approximate surface area is 143 Å². The maximum absolute atomic E-state index is 12.3. The Morgan fingerprint density at radius 2 is 2.12 bits per heavy atom. The van der Waals surface area contributed by atoms with Crippen LogP contribution in [0, 0.1) is 5.92 Å². The number of aromatic nitrogens is 2. The number of likely N-dealkylation sites (tertiary alicyclic amines) is 1. The molecule has 1 saturated heterocycles. The molecule has 0 spiro atoms. The van der Waals surface area contributed by atoms with Crippen LogP contribution in [0.5, 0.6) is 0 Å². The monoisotopic (exact) mass is 334 g/mol. The van der Waals surface area contributed by atoms with Gasteiger partial charge >= 0.3 is 6.09 Å². The Morgan fingerprint density at radius 3 is 2.75 bits per heavy atom. The van der Waals surface area contributed by atoms with Crippen molar-refractivity contribution < 1.29 is 14.3 Å². The molecule has 1 fully saturated rings. The molecule has 1 atom stereocenters. The lowest BCUT2D eigenvalue weighted by Crippen LogP contribution is -2.46. The number of ether oxygens (including phenoxy) is 1. The van der Waals surface area contributed by atoms with E-state index in [-0.39, 0.29) is 17.9 Å². The summed E-state index contributed by atoms with van der Waals surface area (Å²) >= 11 is 0. The van der Waals surface area contributed by atoms with Gasteiger partial charge in [0.15, 0.2) is 0 Å². The molecule has 0 unspecified atom stereocenters. The molecular weight excluding hydrogens is 308 g/mol. The van der Waals surface area contributed by atoms with Gasteiger partial charge in [0.25, 0.3) is 5.91 Å². The first-order valence-corrected chi connectivity index (χ1v) is 8.25. The molecule has 1 aliphatic rings. The van der Waals surface area contributed by atoms with Gasteiger partial charge in [-0.15, -0.1) is 0 Å². The first-order valence-electron chi connectivity index (χ1n) is 8.25. The Morgan fingerprint density at radius 1 is 1.38 bits per heavy atom. The molecule has 7 nitrogen and oxygen atoms in total. The molecule has 0 saturated carbocycles. The Bertz CT molecular complexity index is 571. The first kappa shape index (κ1) is 18.2. The van der Waals surface area contributed by atoms with E-state index in [1.165, 1.54) is 18.6 Å². The summed E-state index contributed by atoms with van der Waals surface area (Å²) in [6.07, 6.45) is 6.12. The second-order valence-corrected chi connectivity index (χ2v) is 7.21. The van der Waals surface area contributed by atoms with Crippen LogP contribution in [0.4, 0.5) is 4.79 Å². The number of carbonyl (C=O) groups is 2. The van der Waals surface area contributed by atoms with E-state index in [1.807, 2.05) is 20.8 Å². The summed E-state index contributed by atoms with van der Waals surface area (Å²) in [5.41, 5.74) is -0.164. The van der Waals surface area contributed by atoms with Crippen molar-refractivity contribution in [3.05, 3.63) is 24.3 Å². The van der Waals surface area contributed by atoms with E-state index in [4.69, 9.17) is 4.74 Å². The molecule has 7 heteroatoms. The Hall–Kier alpha value is -2.18. The minimum atomic E-state index is -0.497. The SMILES string of the molecule is CN(C[C@@H]1CCCN(C(=O)OC(C)(C)C)C1)C(=O)c1cnccn1. The average Bonchev–Trinajstić information content (AvgIpc) is 2.53. The number of nitrogens with zero attached hydrogens (tertiary/aromatic N) is 4. The number of carbonyl (C=O) groups excluding carboxylic acids is 2. The summed E-state index contributed by atoms with van der Waals surface area (Å²) in [5, 5.41) is 0. The number of amides is 2. The van der Waals surface area contributed by atoms with Gasteiger partial charge in [0, 0.05) is 39.1 Å². The third kappa shape index (κ3) is 5.18. The van der Waals surface area contributed by atoms with Crippen LogP contribution in [0.25, 0.3) is 0 Å². The van der Waals surface area contributed by atoms with Gasteiger partial charge in [-0.1, -0.05) is 0 Å². The molecule has 0 bridgehead atoms. The highest BCUT2D eigenvalue weighted by Crippen LogP contribution is 2.20. The van der Waals surface area contributed by atoms with Crippen molar-refractivity contribution in [1.82, 2.24) is 19.8 Å². The van der Waals surface area contributed by atoms with Crippen LogP contribution in [0.3, 0.4) is 0 Å². The lowest BCUT2D eigenvalue weighted by molar-refractivity contribution is 0.0151. The lowest BCUT2D eigenvalue weighted by atomic mass is 9.97. The largest absolute Gasteiger partial charge is 0.444 e. The van der Waals surface area contributed by atoms with E-state index in [2.05, 4.69) is 9.97 Å². The van der Waals surface area contributed by atoms with E-state index in [0.29, 0.717) is 25.3 Å². The first-order chi connectivity index (χ1) is 11.3. The van der Waals surface area contributed by atoms with Crippen molar-refractivity contribution >= 4 is 12.0 Å². The van der Waals surface area contributed by atoms with Crippen LogP contribution in [0.1, 0.15) is 44.1 Å². The third-order valence-corrected chi connectivity index (χ3v) is 3.83. The highest BCUT2D eigenvalue weighted by Gasteiger charge is 2.29. The second kappa shape index (κ2) is 7.59. The summed E-state index contributed by atoms with van der Waals surface area (Å²) in [6.45, 7) is 7.47. The highest BCUT2D eigenvalue weighted by molar-refractivity contribution is 5.91. The lowest BCUT2D eigenvalue weighted by Gasteiger charge is -2.35. The fraction of sp³-hybridized carbons (Fsp3) is 0.647. The van der Waals surface area contributed by atoms with Gasteiger partial charge in [-0.2, -0.15) is 0 Å². The summed E-state index contributed by atoms with van der Waals surface area (Å²) in [5.74, 6) is 0.0781. The predicted molar refractivity (Wildman–Crippen MR) is 89.5 cm³/mol. The molecule has 0 aromatic carbocycles. The molecule has 24 heavy (non-hydrogen) atoms. The van der Waals surface area contributed by atoms with Gasteiger partial charge in [-0.25, -0.2) is 9.78 Å². The fourth-order valence-electron chi connectivity index (χ4n) is 2.78. The zero-order chi connectivity index (χ0) is 17.7. The van der Waals surface area contributed by atoms with Crippen LogP contribution >= 0.6 is 0 Å². The van der Waals surface area contributed by atoms with Crippen LogP contribution in [-0.2, 0) is 4.74 Å². The fourth-order valence-corrected chi connectivity index (χ4v) is 2.78. The molecule has 0 radical (unpaired) electrons. The number of hydrogen-bond acceptors (Lipinski definition) is 5. The van der Waals surface area contributed by atoms with Gasteiger partial charge in [-0.05, 0) is 39.5 Å². The van der Waals surface area contributed by atoms with Crippen LogP contribution in [-0.4, -0.2) is 64.1 Å². The molecule has 0 aliphatic carbocycles. The van der Waals surface area contributed by atoms with Gasteiger partial charge in [0.05, 0.1) is 6.20 Å². The van der Waals surface area contributed by atoms with E-state index in [0.717, 1.165) is 12.8 Å². The number of piperidine rings is 1. The van der Waals surface area contributed by atoms with Gasteiger partial charge in [0.2, 0.25) is 0 Å². The van der Waals surface area contributed by atoms with Crippen LogP contribution in [0.15, 0.2) is 18.6 Å². The average molecular weight is 334 g/mol. The smallest absolute Gasteiger partial charge is 0.410 e. The molecular formula is C17H26N4O3. The van der Waals surface area contributed by atoms with E-state index >= 15 is 0 Å². The predicted octanol–water partition coefficient (Wildman–Crippen LogP) is 2.20. The normalized spacial score (nSPS) is 18.2. The van der Waals surface area contributed by atoms with Crippen molar-refractivity contribution in [2.45, 2.75) is 39.2 Å². The minimum absolute atomic E-state index is 0.155. The van der Waals surface area contributed by atoms with Crippen LogP contribution < -0.4 is 0 Å². The highest BCUT2D eigenvalue weighted by atomic mass is 16.6. The zero-order valence-corrected chi connectivity index (χ0v) is 14.9. The van der Waals surface area contributed by atoms with Gasteiger partial charge in [0.1, 0.15) is 11.3 Å². The molecule has 1 aliphatic heterocycles. The van der Waals surface area contributed by atoms with Gasteiger partial charge < -0.3 is 14.5 Å².